The summed E-state index contributed by atoms with van der Waals surface area (Å²) in [6.45, 7) is 6.63. The van der Waals surface area contributed by atoms with E-state index in [1.165, 1.54) is 24.8 Å². The van der Waals surface area contributed by atoms with Crippen LogP contribution in [0, 0.1) is 7.14 Å². The molecule has 0 aromatic heterocycles. The lowest BCUT2D eigenvalue weighted by Crippen LogP contribution is -2.45. The van der Waals surface area contributed by atoms with Crippen LogP contribution in [0.2, 0.25) is 0 Å². The van der Waals surface area contributed by atoms with Crippen molar-refractivity contribution in [3.8, 4) is 5.75 Å². The Hall–Kier alpha value is 0.400. The van der Waals surface area contributed by atoms with Crippen molar-refractivity contribution in [3.05, 3.63) is 24.8 Å². The smallest absolute Gasteiger partial charge is 0.142 e. The number of aromatic hydroxyl groups is 1. The summed E-state index contributed by atoms with van der Waals surface area (Å²) in [6, 6.07) is 4.79. The fourth-order valence-electron chi connectivity index (χ4n) is 2.73. The summed E-state index contributed by atoms with van der Waals surface area (Å²) in [7, 11) is 0. The Balaban J connectivity index is 2.25. The molecule has 1 atom stereocenters. The second-order valence-electron chi connectivity index (χ2n) is 5.28. The summed E-state index contributed by atoms with van der Waals surface area (Å²) in [5.41, 5.74) is 1.35. The third-order valence-electron chi connectivity index (χ3n) is 3.85. The van der Waals surface area contributed by atoms with Gasteiger partial charge >= 0.3 is 0 Å². The number of halogens is 2. The van der Waals surface area contributed by atoms with Crippen LogP contribution in [0.5, 0.6) is 5.75 Å². The van der Waals surface area contributed by atoms with Gasteiger partial charge in [-0.05, 0) is 69.3 Å². The predicted molar refractivity (Wildman–Crippen MR) is 100 cm³/mol. The van der Waals surface area contributed by atoms with Crippen LogP contribution in [0.15, 0.2) is 12.1 Å². The monoisotopic (exact) mass is 500 g/mol. The quantitative estimate of drug-likeness (QED) is 0.606. The molecule has 1 saturated heterocycles. The van der Waals surface area contributed by atoms with Crippen molar-refractivity contribution in [2.24, 2.45) is 0 Å². The van der Waals surface area contributed by atoms with Gasteiger partial charge in [0.05, 0.1) is 7.14 Å². The van der Waals surface area contributed by atoms with E-state index in [1.807, 2.05) is 0 Å². The van der Waals surface area contributed by atoms with Crippen molar-refractivity contribution in [1.29, 1.82) is 0 Å². The fraction of sp³-hybridized carbons (Fsp3) is 0.600. The van der Waals surface area contributed by atoms with E-state index in [9.17, 15) is 5.11 Å². The van der Waals surface area contributed by atoms with E-state index < -0.39 is 0 Å². The zero-order valence-electron chi connectivity index (χ0n) is 11.8. The highest BCUT2D eigenvalue weighted by Gasteiger charge is 2.23. The molecule has 0 unspecified atom stereocenters. The van der Waals surface area contributed by atoms with Crippen molar-refractivity contribution in [3.63, 3.8) is 0 Å². The molecular formula is C15H22I2N2O. The number of benzene rings is 1. The number of piperazine rings is 1. The molecule has 1 aromatic rings. The van der Waals surface area contributed by atoms with Gasteiger partial charge in [0.2, 0.25) is 0 Å². The maximum atomic E-state index is 9.96. The Labute approximate surface area is 148 Å². The average Bonchev–Trinajstić information content (AvgIpc) is 2.46. The minimum atomic E-state index is 0.421. The van der Waals surface area contributed by atoms with Crippen LogP contribution in [0.3, 0.4) is 0 Å². The van der Waals surface area contributed by atoms with Crippen LogP contribution in [-0.4, -0.2) is 36.2 Å². The molecule has 1 aliphatic rings. The molecule has 0 bridgehead atoms. The van der Waals surface area contributed by atoms with Crippen LogP contribution in [0.1, 0.15) is 37.8 Å². The summed E-state index contributed by atoms with van der Waals surface area (Å²) in [5, 5.41) is 13.4. The molecular weight excluding hydrogens is 478 g/mol. The third kappa shape index (κ3) is 4.20. The van der Waals surface area contributed by atoms with Gasteiger partial charge in [-0.25, -0.2) is 0 Å². The van der Waals surface area contributed by atoms with E-state index in [1.54, 1.807) is 0 Å². The van der Waals surface area contributed by atoms with Crippen LogP contribution >= 0.6 is 45.2 Å². The van der Waals surface area contributed by atoms with Crippen molar-refractivity contribution < 1.29 is 5.11 Å². The summed E-state index contributed by atoms with van der Waals surface area (Å²) in [5.74, 6) is 0.421. The van der Waals surface area contributed by atoms with Crippen molar-refractivity contribution in [2.45, 2.75) is 32.2 Å². The van der Waals surface area contributed by atoms with E-state index in [-0.39, 0.29) is 0 Å². The molecule has 1 heterocycles. The minimum Gasteiger partial charge on any atom is -0.506 e. The Morgan fingerprint density at radius 2 is 1.85 bits per heavy atom. The number of nitrogens with one attached hydrogen (secondary N) is 1. The number of hydrogen-bond acceptors (Lipinski definition) is 3. The Morgan fingerprint density at radius 1 is 1.25 bits per heavy atom. The first kappa shape index (κ1) is 16.8. The molecule has 0 saturated carbocycles. The molecule has 20 heavy (non-hydrogen) atoms. The molecule has 1 fully saturated rings. The van der Waals surface area contributed by atoms with Gasteiger partial charge in [-0.15, -0.1) is 0 Å². The zero-order chi connectivity index (χ0) is 14.5. The summed E-state index contributed by atoms with van der Waals surface area (Å²) in [4.78, 5) is 2.59. The van der Waals surface area contributed by atoms with Crippen LogP contribution < -0.4 is 5.32 Å². The molecule has 1 aromatic carbocycles. The molecule has 0 spiro atoms. The lowest BCUT2D eigenvalue weighted by atomic mass is 9.98. The normalized spacial score (nSPS) is 18.1. The van der Waals surface area contributed by atoms with E-state index >= 15 is 0 Å². The van der Waals surface area contributed by atoms with Gasteiger partial charge in [0.25, 0.3) is 0 Å². The number of phenols is 1. The standard InChI is InChI=1S/C15H22I2N2O/c1-2-3-4-14(19-7-5-18-6-8-19)11-9-12(16)15(20)13(17)10-11/h9-10,14,18,20H,2-8H2,1H3/t14-/m0/s1. The van der Waals surface area contributed by atoms with E-state index in [0.29, 0.717) is 11.8 Å². The number of phenolic OH excluding ortho intramolecular Hbond substituents is 1. The van der Waals surface area contributed by atoms with Gasteiger partial charge in [0, 0.05) is 32.2 Å². The molecule has 3 nitrogen and oxygen atoms in total. The van der Waals surface area contributed by atoms with Crippen LogP contribution in [0.25, 0.3) is 0 Å². The number of unbranched alkanes of at least 4 members (excludes halogenated alkanes) is 1. The summed E-state index contributed by atoms with van der Waals surface area (Å²) < 4.78 is 1.92. The Morgan fingerprint density at radius 3 is 2.40 bits per heavy atom. The molecule has 112 valence electrons. The van der Waals surface area contributed by atoms with Gasteiger partial charge in [-0.2, -0.15) is 0 Å². The predicted octanol–water partition coefficient (Wildman–Crippen LogP) is 3.74. The molecule has 1 aliphatic heterocycles. The van der Waals surface area contributed by atoms with Gasteiger partial charge in [-0.3, -0.25) is 4.90 Å². The van der Waals surface area contributed by atoms with Crippen LogP contribution in [0.4, 0.5) is 0 Å². The van der Waals surface area contributed by atoms with E-state index in [4.69, 9.17) is 0 Å². The minimum absolute atomic E-state index is 0.421. The van der Waals surface area contributed by atoms with Gasteiger partial charge < -0.3 is 10.4 Å². The topological polar surface area (TPSA) is 35.5 Å². The van der Waals surface area contributed by atoms with E-state index in [2.05, 4.69) is 74.5 Å². The largest absolute Gasteiger partial charge is 0.506 e. The van der Waals surface area contributed by atoms with Crippen molar-refractivity contribution in [1.82, 2.24) is 10.2 Å². The van der Waals surface area contributed by atoms with Gasteiger partial charge in [-0.1, -0.05) is 19.8 Å². The first-order valence-corrected chi connectivity index (χ1v) is 9.42. The van der Waals surface area contributed by atoms with Gasteiger partial charge in [0.1, 0.15) is 5.75 Å². The second kappa shape index (κ2) is 8.14. The van der Waals surface area contributed by atoms with Crippen molar-refractivity contribution in [2.75, 3.05) is 26.2 Å². The molecule has 0 aliphatic carbocycles. The Bertz CT molecular complexity index is 424. The summed E-state index contributed by atoms with van der Waals surface area (Å²) >= 11 is 4.46. The number of rotatable bonds is 5. The zero-order valence-corrected chi connectivity index (χ0v) is 16.1. The van der Waals surface area contributed by atoms with E-state index in [0.717, 1.165) is 33.3 Å². The molecule has 2 rings (SSSR count). The lowest BCUT2D eigenvalue weighted by Gasteiger charge is -2.35. The number of hydrogen-bond donors (Lipinski definition) is 2. The van der Waals surface area contributed by atoms with Gasteiger partial charge in [0.15, 0.2) is 0 Å². The first-order chi connectivity index (χ1) is 9.63. The van der Waals surface area contributed by atoms with Crippen molar-refractivity contribution >= 4 is 45.2 Å². The highest BCUT2D eigenvalue weighted by molar-refractivity contribution is 14.1. The molecule has 5 heteroatoms. The first-order valence-electron chi connectivity index (χ1n) is 7.26. The third-order valence-corrected chi connectivity index (χ3v) is 5.49. The maximum Gasteiger partial charge on any atom is 0.142 e. The molecule has 0 amide bonds. The molecule has 2 N–H and O–H groups in total. The highest BCUT2D eigenvalue weighted by Crippen LogP contribution is 2.34. The maximum absolute atomic E-state index is 9.96. The lowest BCUT2D eigenvalue weighted by molar-refractivity contribution is 0.163. The molecule has 0 radical (unpaired) electrons. The SMILES string of the molecule is CCCC[C@@H](c1cc(I)c(O)c(I)c1)N1CCNCC1. The Kier molecular flexibility index (Phi) is 6.83. The fourth-order valence-corrected chi connectivity index (χ4v) is 4.55. The highest BCUT2D eigenvalue weighted by atomic mass is 127. The van der Waals surface area contributed by atoms with Crippen LogP contribution in [-0.2, 0) is 0 Å². The average molecular weight is 500 g/mol. The number of nitrogens with zero attached hydrogens (tertiary/aromatic N) is 1. The second-order valence-corrected chi connectivity index (χ2v) is 7.60. The summed E-state index contributed by atoms with van der Waals surface area (Å²) in [6.07, 6.45) is 3.69.